The molecule has 0 fully saturated rings. The van der Waals surface area contributed by atoms with E-state index in [1.54, 1.807) is 0 Å². The fourth-order valence-corrected chi connectivity index (χ4v) is 2.82. The summed E-state index contributed by atoms with van der Waals surface area (Å²) in [7, 11) is 0. The van der Waals surface area contributed by atoms with Gasteiger partial charge < -0.3 is 5.11 Å². The van der Waals surface area contributed by atoms with E-state index in [0.29, 0.717) is 5.92 Å². The van der Waals surface area contributed by atoms with Crippen molar-refractivity contribution in [2.75, 3.05) is 0 Å². The molecule has 1 heterocycles. The van der Waals surface area contributed by atoms with Crippen molar-refractivity contribution in [3.05, 3.63) is 65.9 Å². The molecule has 0 aliphatic carbocycles. The molecule has 2 aromatic carbocycles. The van der Waals surface area contributed by atoms with Crippen molar-refractivity contribution in [1.82, 2.24) is 9.78 Å². The van der Waals surface area contributed by atoms with Crippen LogP contribution in [-0.2, 0) is 6.42 Å². The molecule has 0 saturated carbocycles. The van der Waals surface area contributed by atoms with E-state index in [1.165, 1.54) is 5.56 Å². The molecular weight excluding hydrogens is 284 g/mol. The molecule has 0 amide bonds. The molecule has 3 rings (SSSR count). The van der Waals surface area contributed by atoms with Gasteiger partial charge in [0, 0.05) is 0 Å². The molecule has 3 aromatic rings. The number of aromatic nitrogens is 2. The summed E-state index contributed by atoms with van der Waals surface area (Å²) in [5.74, 6) is 0.560. The Morgan fingerprint density at radius 2 is 1.65 bits per heavy atom. The van der Waals surface area contributed by atoms with Gasteiger partial charge >= 0.3 is 0 Å². The lowest BCUT2D eigenvalue weighted by atomic mass is 9.99. The van der Waals surface area contributed by atoms with Gasteiger partial charge in [-0.3, -0.25) is 0 Å². The summed E-state index contributed by atoms with van der Waals surface area (Å²) in [6, 6.07) is 18.2. The summed E-state index contributed by atoms with van der Waals surface area (Å²) in [6.45, 7) is 6.42. The standard InChI is InChI=1S/C20H22N2O/c1-14(2)13-18-19(16-7-5-4-6-8-16)20(23)21-22(18)17-11-9-15(3)10-12-17/h4-12,14H,13H2,1-3H3,(H,21,23). The maximum Gasteiger partial charge on any atom is 0.239 e. The second-order valence-electron chi connectivity index (χ2n) is 6.36. The Labute approximate surface area is 137 Å². The number of nitrogens with zero attached hydrogens (tertiary/aromatic N) is 2. The van der Waals surface area contributed by atoms with Crippen molar-refractivity contribution in [2.24, 2.45) is 5.92 Å². The van der Waals surface area contributed by atoms with Crippen LogP contribution in [0.2, 0.25) is 0 Å². The van der Waals surface area contributed by atoms with E-state index < -0.39 is 0 Å². The minimum atomic E-state index is 0.0902. The molecule has 1 N–H and O–H groups in total. The number of aryl methyl sites for hydroxylation is 1. The summed E-state index contributed by atoms with van der Waals surface area (Å²) >= 11 is 0. The first-order valence-electron chi connectivity index (χ1n) is 7.99. The molecule has 1 aromatic heterocycles. The van der Waals surface area contributed by atoms with Gasteiger partial charge in [0.05, 0.1) is 16.9 Å². The Hall–Kier alpha value is -2.55. The van der Waals surface area contributed by atoms with Gasteiger partial charge in [0.1, 0.15) is 0 Å². The van der Waals surface area contributed by atoms with Crippen molar-refractivity contribution in [2.45, 2.75) is 27.2 Å². The summed E-state index contributed by atoms with van der Waals surface area (Å²) in [5, 5.41) is 14.9. The van der Waals surface area contributed by atoms with Crippen LogP contribution in [0.4, 0.5) is 0 Å². The van der Waals surface area contributed by atoms with Crippen molar-refractivity contribution in [1.29, 1.82) is 0 Å². The summed E-state index contributed by atoms with van der Waals surface area (Å²) in [5.41, 5.74) is 5.06. The Kier molecular flexibility index (Phi) is 4.20. The molecule has 3 heteroatoms. The van der Waals surface area contributed by atoms with Crippen LogP contribution in [-0.4, -0.2) is 14.9 Å². The number of benzene rings is 2. The first kappa shape index (κ1) is 15.3. The molecule has 0 spiro atoms. The van der Waals surface area contributed by atoms with Crippen LogP contribution < -0.4 is 0 Å². The second kappa shape index (κ2) is 6.29. The van der Waals surface area contributed by atoms with Crippen molar-refractivity contribution in [3.8, 4) is 22.7 Å². The fourth-order valence-electron chi connectivity index (χ4n) is 2.82. The van der Waals surface area contributed by atoms with Gasteiger partial charge in [0.2, 0.25) is 5.88 Å². The predicted octanol–water partition coefficient (Wildman–Crippen LogP) is 4.75. The highest BCUT2D eigenvalue weighted by atomic mass is 16.3. The molecule has 0 unspecified atom stereocenters. The topological polar surface area (TPSA) is 38.0 Å². The second-order valence-corrected chi connectivity index (χ2v) is 6.36. The smallest absolute Gasteiger partial charge is 0.239 e. The van der Waals surface area contributed by atoms with Gasteiger partial charge in [-0.15, -0.1) is 5.10 Å². The molecule has 118 valence electrons. The summed E-state index contributed by atoms with van der Waals surface area (Å²) in [4.78, 5) is 0. The third-order valence-electron chi connectivity index (χ3n) is 3.91. The van der Waals surface area contributed by atoms with Crippen LogP contribution in [0.25, 0.3) is 16.8 Å². The normalized spacial score (nSPS) is 11.1. The van der Waals surface area contributed by atoms with Gasteiger partial charge in [-0.05, 0) is 37.0 Å². The van der Waals surface area contributed by atoms with Crippen molar-refractivity contribution in [3.63, 3.8) is 0 Å². The fraction of sp³-hybridized carbons (Fsp3) is 0.250. The maximum atomic E-state index is 10.5. The van der Waals surface area contributed by atoms with Gasteiger partial charge in [-0.1, -0.05) is 61.9 Å². The zero-order valence-corrected chi connectivity index (χ0v) is 13.8. The van der Waals surface area contributed by atoms with Crippen LogP contribution in [0.15, 0.2) is 54.6 Å². The number of hydrogen-bond donors (Lipinski definition) is 1. The number of hydrogen-bond acceptors (Lipinski definition) is 2. The SMILES string of the molecule is Cc1ccc(-n2nc(O)c(-c3ccccc3)c2CC(C)C)cc1. The lowest BCUT2D eigenvalue weighted by Gasteiger charge is -2.12. The molecule has 3 nitrogen and oxygen atoms in total. The van der Waals surface area contributed by atoms with E-state index >= 15 is 0 Å². The van der Waals surface area contributed by atoms with Gasteiger partial charge in [0.25, 0.3) is 0 Å². The number of aromatic hydroxyl groups is 1. The van der Waals surface area contributed by atoms with Crippen LogP contribution in [0.1, 0.15) is 25.1 Å². The first-order chi connectivity index (χ1) is 11.1. The molecule has 0 radical (unpaired) electrons. The van der Waals surface area contributed by atoms with Gasteiger partial charge in [-0.2, -0.15) is 0 Å². The molecule has 0 atom stereocenters. The summed E-state index contributed by atoms with van der Waals surface area (Å²) in [6.07, 6.45) is 0.853. The van der Waals surface area contributed by atoms with Gasteiger partial charge in [-0.25, -0.2) is 4.68 Å². The lowest BCUT2D eigenvalue weighted by Crippen LogP contribution is -2.06. The molecule has 0 aliphatic heterocycles. The Morgan fingerprint density at radius 3 is 2.26 bits per heavy atom. The molecule has 0 saturated heterocycles. The molecule has 23 heavy (non-hydrogen) atoms. The van der Waals surface area contributed by atoms with E-state index in [2.05, 4.69) is 38.0 Å². The highest BCUT2D eigenvalue weighted by molar-refractivity contribution is 5.72. The monoisotopic (exact) mass is 306 g/mol. The van der Waals surface area contributed by atoms with E-state index in [0.717, 1.165) is 28.9 Å². The van der Waals surface area contributed by atoms with E-state index in [4.69, 9.17) is 0 Å². The molecule has 0 bridgehead atoms. The average molecular weight is 306 g/mol. The molecule has 0 aliphatic rings. The highest BCUT2D eigenvalue weighted by Gasteiger charge is 2.20. The minimum Gasteiger partial charge on any atom is -0.492 e. The van der Waals surface area contributed by atoms with Crippen LogP contribution >= 0.6 is 0 Å². The minimum absolute atomic E-state index is 0.0902. The third kappa shape index (κ3) is 3.14. The first-order valence-corrected chi connectivity index (χ1v) is 7.99. The van der Waals surface area contributed by atoms with Crippen LogP contribution in [0.3, 0.4) is 0 Å². The lowest BCUT2D eigenvalue weighted by molar-refractivity contribution is 0.449. The largest absolute Gasteiger partial charge is 0.492 e. The predicted molar refractivity (Wildman–Crippen MR) is 93.9 cm³/mol. The Morgan fingerprint density at radius 1 is 1.00 bits per heavy atom. The van der Waals surface area contributed by atoms with E-state index in [-0.39, 0.29) is 5.88 Å². The third-order valence-corrected chi connectivity index (χ3v) is 3.91. The Bertz CT molecular complexity index is 787. The molecular formula is C20H22N2O. The van der Waals surface area contributed by atoms with Crippen LogP contribution in [0, 0.1) is 12.8 Å². The van der Waals surface area contributed by atoms with Crippen LogP contribution in [0.5, 0.6) is 5.88 Å². The highest BCUT2D eigenvalue weighted by Crippen LogP contribution is 2.35. The van der Waals surface area contributed by atoms with E-state index in [1.807, 2.05) is 47.1 Å². The Balaban J connectivity index is 2.19. The van der Waals surface area contributed by atoms with E-state index in [9.17, 15) is 5.11 Å². The number of rotatable bonds is 4. The van der Waals surface area contributed by atoms with Crippen molar-refractivity contribution < 1.29 is 5.11 Å². The summed E-state index contributed by atoms with van der Waals surface area (Å²) < 4.78 is 1.87. The maximum absolute atomic E-state index is 10.5. The van der Waals surface area contributed by atoms with Crippen molar-refractivity contribution >= 4 is 0 Å². The average Bonchev–Trinajstić information content (AvgIpc) is 2.84. The quantitative estimate of drug-likeness (QED) is 0.755. The van der Waals surface area contributed by atoms with Gasteiger partial charge in [0.15, 0.2) is 0 Å². The zero-order chi connectivity index (χ0) is 16.4. The zero-order valence-electron chi connectivity index (χ0n) is 13.8.